The van der Waals surface area contributed by atoms with Crippen molar-refractivity contribution in [2.75, 3.05) is 33.7 Å². The maximum atomic E-state index is 13.8. The third kappa shape index (κ3) is 5.68. The predicted molar refractivity (Wildman–Crippen MR) is 78.4 cm³/mol. The molecule has 0 aliphatic carbocycles. The van der Waals surface area contributed by atoms with E-state index in [4.69, 9.17) is 5.73 Å². The first kappa shape index (κ1) is 16.1. The SMILES string of the molecule is CCN(CCCN(C)C)Cc1cc(CN)ccc1F. The molecule has 3 nitrogen and oxygen atoms in total. The summed E-state index contributed by atoms with van der Waals surface area (Å²) in [7, 11) is 4.14. The van der Waals surface area contributed by atoms with Crippen LogP contribution in [0.1, 0.15) is 24.5 Å². The first-order valence-corrected chi connectivity index (χ1v) is 6.91. The maximum Gasteiger partial charge on any atom is 0.127 e. The van der Waals surface area contributed by atoms with Gasteiger partial charge in [-0.3, -0.25) is 4.90 Å². The lowest BCUT2D eigenvalue weighted by Gasteiger charge is -2.22. The van der Waals surface area contributed by atoms with Crippen LogP contribution in [-0.2, 0) is 13.1 Å². The van der Waals surface area contributed by atoms with E-state index in [1.54, 1.807) is 6.07 Å². The molecule has 108 valence electrons. The number of nitrogens with zero attached hydrogens (tertiary/aromatic N) is 2. The predicted octanol–water partition coefficient (Wildman–Crippen LogP) is 2.06. The molecule has 0 aliphatic rings. The van der Waals surface area contributed by atoms with Gasteiger partial charge in [0, 0.05) is 18.7 Å². The van der Waals surface area contributed by atoms with Gasteiger partial charge in [-0.15, -0.1) is 0 Å². The number of hydrogen-bond donors (Lipinski definition) is 1. The van der Waals surface area contributed by atoms with Crippen molar-refractivity contribution < 1.29 is 4.39 Å². The van der Waals surface area contributed by atoms with E-state index in [0.717, 1.165) is 37.2 Å². The molecule has 0 amide bonds. The Bertz CT molecular complexity index is 380. The zero-order valence-corrected chi connectivity index (χ0v) is 12.3. The number of nitrogens with two attached hydrogens (primary N) is 1. The molecule has 4 heteroatoms. The quantitative estimate of drug-likeness (QED) is 0.782. The Kier molecular flexibility index (Phi) is 6.99. The fourth-order valence-corrected chi connectivity index (χ4v) is 2.08. The topological polar surface area (TPSA) is 32.5 Å². The second kappa shape index (κ2) is 8.25. The molecule has 0 bridgehead atoms. The third-order valence-corrected chi connectivity index (χ3v) is 3.27. The van der Waals surface area contributed by atoms with Gasteiger partial charge in [-0.2, -0.15) is 0 Å². The molecule has 0 atom stereocenters. The van der Waals surface area contributed by atoms with E-state index < -0.39 is 0 Å². The second-order valence-electron chi connectivity index (χ2n) is 5.16. The van der Waals surface area contributed by atoms with Crippen LogP contribution in [0.5, 0.6) is 0 Å². The molecule has 19 heavy (non-hydrogen) atoms. The first-order chi connectivity index (χ1) is 9.06. The van der Waals surface area contributed by atoms with E-state index >= 15 is 0 Å². The van der Waals surface area contributed by atoms with Crippen molar-refractivity contribution in [3.8, 4) is 0 Å². The molecule has 0 aliphatic heterocycles. The van der Waals surface area contributed by atoms with Gasteiger partial charge in [0.05, 0.1) is 0 Å². The van der Waals surface area contributed by atoms with Crippen molar-refractivity contribution >= 4 is 0 Å². The van der Waals surface area contributed by atoms with E-state index in [2.05, 4.69) is 30.8 Å². The fraction of sp³-hybridized carbons (Fsp3) is 0.600. The van der Waals surface area contributed by atoms with E-state index in [1.165, 1.54) is 6.07 Å². The molecule has 1 rings (SSSR count). The van der Waals surface area contributed by atoms with Crippen molar-refractivity contribution in [3.63, 3.8) is 0 Å². The highest BCUT2D eigenvalue weighted by Crippen LogP contribution is 2.13. The van der Waals surface area contributed by atoms with Gasteiger partial charge in [0.2, 0.25) is 0 Å². The summed E-state index contributed by atoms with van der Waals surface area (Å²) in [6.45, 7) is 6.20. The van der Waals surface area contributed by atoms with Crippen LogP contribution < -0.4 is 5.73 Å². The normalized spacial score (nSPS) is 11.5. The van der Waals surface area contributed by atoms with Crippen LogP contribution in [-0.4, -0.2) is 43.5 Å². The highest BCUT2D eigenvalue weighted by molar-refractivity contribution is 5.25. The lowest BCUT2D eigenvalue weighted by molar-refractivity contribution is 0.256. The number of rotatable bonds is 8. The van der Waals surface area contributed by atoms with Gasteiger partial charge in [-0.25, -0.2) is 4.39 Å². The Hall–Kier alpha value is -0.970. The van der Waals surface area contributed by atoms with Crippen LogP contribution in [0.3, 0.4) is 0 Å². The minimum atomic E-state index is -0.136. The molecule has 0 unspecified atom stereocenters. The van der Waals surface area contributed by atoms with Crippen molar-refractivity contribution in [1.29, 1.82) is 0 Å². The van der Waals surface area contributed by atoms with Crippen molar-refractivity contribution in [2.24, 2.45) is 5.73 Å². The molecule has 1 aromatic carbocycles. The molecule has 0 heterocycles. The maximum absolute atomic E-state index is 13.8. The van der Waals surface area contributed by atoms with Crippen molar-refractivity contribution in [1.82, 2.24) is 9.80 Å². The largest absolute Gasteiger partial charge is 0.326 e. The highest BCUT2D eigenvalue weighted by atomic mass is 19.1. The van der Waals surface area contributed by atoms with Crippen LogP contribution in [0.4, 0.5) is 4.39 Å². The molecular formula is C15H26FN3. The van der Waals surface area contributed by atoms with E-state index in [-0.39, 0.29) is 5.82 Å². The number of hydrogen-bond acceptors (Lipinski definition) is 3. The summed E-state index contributed by atoms with van der Waals surface area (Å²) in [5.74, 6) is -0.136. The zero-order valence-electron chi connectivity index (χ0n) is 12.3. The average molecular weight is 267 g/mol. The van der Waals surface area contributed by atoms with E-state index in [1.807, 2.05) is 6.07 Å². The monoisotopic (exact) mass is 267 g/mol. The van der Waals surface area contributed by atoms with E-state index in [0.29, 0.717) is 13.1 Å². The van der Waals surface area contributed by atoms with Gasteiger partial charge in [-0.05, 0) is 51.8 Å². The Balaban J connectivity index is 2.59. The van der Waals surface area contributed by atoms with Gasteiger partial charge in [-0.1, -0.05) is 19.1 Å². The van der Waals surface area contributed by atoms with Crippen LogP contribution in [0.15, 0.2) is 18.2 Å². The molecule has 2 N–H and O–H groups in total. The number of benzene rings is 1. The molecule has 0 radical (unpaired) electrons. The Morgan fingerprint density at radius 3 is 2.53 bits per heavy atom. The van der Waals surface area contributed by atoms with Crippen molar-refractivity contribution in [3.05, 3.63) is 35.1 Å². The third-order valence-electron chi connectivity index (χ3n) is 3.27. The smallest absolute Gasteiger partial charge is 0.127 e. The van der Waals surface area contributed by atoms with Crippen molar-refractivity contribution in [2.45, 2.75) is 26.4 Å². The van der Waals surface area contributed by atoms with Crippen LogP contribution in [0.25, 0.3) is 0 Å². The van der Waals surface area contributed by atoms with Crippen LogP contribution in [0, 0.1) is 5.82 Å². The molecular weight excluding hydrogens is 241 g/mol. The lowest BCUT2D eigenvalue weighted by atomic mass is 10.1. The van der Waals surface area contributed by atoms with E-state index in [9.17, 15) is 4.39 Å². The Morgan fingerprint density at radius 1 is 1.21 bits per heavy atom. The number of halogens is 1. The summed E-state index contributed by atoms with van der Waals surface area (Å²) in [6.07, 6.45) is 1.10. The highest BCUT2D eigenvalue weighted by Gasteiger charge is 2.08. The van der Waals surface area contributed by atoms with Gasteiger partial charge in [0.15, 0.2) is 0 Å². The van der Waals surface area contributed by atoms with Gasteiger partial charge in [0.1, 0.15) is 5.82 Å². The fourth-order valence-electron chi connectivity index (χ4n) is 2.08. The Morgan fingerprint density at radius 2 is 1.95 bits per heavy atom. The summed E-state index contributed by atoms with van der Waals surface area (Å²) < 4.78 is 13.8. The molecule has 1 aromatic rings. The van der Waals surface area contributed by atoms with Gasteiger partial charge < -0.3 is 10.6 Å². The van der Waals surface area contributed by atoms with Crippen LogP contribution in [0.2, 0.25) is 0 Å². The summed E-state index contributed by atoms with van der Waals surface area (Å²) in [6, 6.07) is 5.15. The summed E-state index contributed by atoms with van der Waals surface area (Å²) in [4.78, 5) is 4.44. The average Bonchev–Trinajstić information content (AvgIpc) is 2.39. The minimum Gasteiger partial charge on any atom is -0.326 e. The summed E-state index contributed by atoms with van der Waals surface area (Å²) >= 11 is 0. The van der Waals surface area contributed by atoms with Crippen LogP contribution >= 0.6 is 0 Å². The molecule has 0 fully saturated rings. The standard InChI is InChI=1S/C15H26FN3/c1-4-19(9-5-8-18(2)3)12-14-10-13(11-17)6-7-15(14)16/h6-7,10H,4-5,8-9,11-12,17H2,1-3H3. The molecule has 0 spiro atoms. The molecule has 0 saturated heterocycles. The van der Waals surface area contributed by atoms with Gasteiger partial charge in [0.25, 0.3) is 0 Å². The molecule has 0 aromatic heterocycles. The second-order valence-corrected chi connectivity index (χ2v) is 5.16. The zero-order chi connectivity index (χ0) is 14.3. The summed E-state index contributed by atoms with van der Waals surface area (Å²) in [5.41, 5.74) is 7.34. The first-order valence-electron chi connectivity index (χ1n) is 6.91. The Labute approximate surface area is 116 Å². The minimum absolute atomic E-state index is 0.136. The van der Waals surface area contributed by atoms with Gasteiger partial charge >= 0.3 is 0 Å². The lowest BCUT2D eigenvalue weighted by Crippen LogP contribution is -2.27. The molecule has 0 saturated carbocycles. The summed E-state index contributed by atoms with van der Waals surface area (Å²) in [5, 5.41) is 0.